The summed E-state index contributed by atoms with van der Waals surface area (Å²) >= 11 is 0. The van der Waals surface area contributed by atoms with E-state index >= 15 is 0 Å². The van der Waals surface area contributed by atoms with Gasteiger partial charge >= 0.3 is 0 Å². The van der Waals surface area contributed by atoms with Crippen molar-refractivity contribution in [3.8, 4) is 0 Å². The second kappa shape index (κ2) is 5.24. The van der Waals surface area contributed by atoms with Gasteiger partial charge in [0.15, 0.2) is 0 Å². The fourth-order valence-electron chi connectivity index (χ4n) is 2.07. The fourth-order valence-corrected chi connectivity index (χ4v) is 2.07. The third kappa shape index (κ3) is 3.01. The van der Waals surface area contributed by atoms with E-state index in [1.54, 1.807) is 0 Å². The molecule has 3 heteroatoms. The van der Waals surface area contributed by atoms with Crippen molar-refractivity contribution in [2.75, 3.05) is 26.2 Å². The zero-order chi connectivity index (χ0) is 10.5. The molecule has 1 aliphatic heterocycles. The maximum absolute atomic E-state index is 4.37. The van der Waals surface area contributed by atoms with E-state index in [0.29, 0.717) is 6.04 Å². The summed E-state index contributed by atoms with van der Waals surface area (Å²) < 4.78 is 0. The van der Waals surface area contributed by atoms with Crippen molar-refractivity contribution in [3.63, 3.8) is 0 Å². The predicted molar refractivity (Wildman–Crippen MR) is 61.8 cm³/mol. The Balaban J connectivity index is 1.88. The number of rotatable bonds is 3. The number of piperazine rings is 1. The molecule has 1 fully saturated rings. The SMILES string of the molecule is CC(Cc1ccccn1)N1CCNCC1. The molecular weight excluding hydrogens is 186 g/mol. The van der Waals surface area contributed by atoms with E-state index < -0.39 is 0 Å². The molecule has 0 aliphatic carbocycles. The molecule has 0 spiro atoms. The lowest BCUT2D eigenvalue weighted by Crippen LogP contribution is -2.48. The molecule has 1 saturated heterocycles. The Bertz CT molecular complexity index is 280. The highest BCUT2D eigenvalue weighted by Gasteiger charge is 2.16. The second-order valence-corrected chi connectivity index (χ2v) is 4.16. The Morgan fingerprint density at radius 3 is 2.87 bits per heavy atom. The summed E-state index contributed by atoms with van der Waals surface area (Å²) in [5, 5.41) is 3.38. The van der Waals surface area contributed by atoms with Gasteiger partial charge in [-0.1, -0.05) is 6.07 Å². The van der Waals surface area contributed by atoms with Crippen LogP contribution in [0.2, 0.25) is 0 Å². The van der Waals surface area contributed by atoms with Gasteiger partial charge in [-0.15, -0.1) is 0 Å². The van der Waals surface area contributed by atoms with Gasteiger partial charge in [0.1, 0.15) is 0 Å². The molecule has 1 atom stereocenters. The van der Waals surface area contributed by atoms with Gasteiger partial charge in [-0.2, -0.15) is 0 Å². The van der Waals surface area contributed by atoms with E-state index in [0.717, 1.165) is 32.6 Å². The molecule has 2 rings (SSSR count). The Morgan fingerprint density at radius 1 is 1.40 bits per heavy atom. The van der Waals surface area contributed by atoms with Crippen molar-refractivity contribution in [1.29, 1.82) is 0 Å². The van der Waals surface area contributed by atoms with Gasteiger partial charge in [0.25, 0.3) is 0 Å². The minimum atomic E-state index is 0.599. The lowest BCUT2D eigenvalue weighted by Gasteiger charge is -2.32. The van der Waals surface area contributed by atoms with Crippen LogP contribution in [0.3, 0.4) is 0 Å². The van der Waals surface area contributed by atoms with E-state index in [-0.39, 0.29) is 0 Å². The first-order valence-electron chi connectivity index (χ1n) is 5.71. The number of hydrogen-bond donors (Lipinski definition) is 1. The molecule has 0 bridgehead atoms. The molecule has 1 unspecified atom stereocenters. The summed E-state index contributed by atoms with van der Waals surface area (Å²) in [5.41, 5.74) is 1.20. The molecule has 0 aromatic carbocycles. The van der Waals surface area contributed by atoms with Crippen LogP contribution in [0.4, 0.5) is 0 Å². The largest absolute Gasteiger partial charge is 0.314 e. The summed E-state index contributed by atoms with van der Waals surface area (Å²) in [6.45, 7) is 6.85. The van der Waals surface area contributed by atoms with Crippen molar-refractivity contribution in [2.24, 2.45) is 0 Å². The average Bonchev–Trinajstić information content (AvgIpc) is 2.31. The Kier molecular flexibility index (Phi) is 3.69. The minimum absolute atomic E-state index is 0.599. The molecule has 3 nitrogen and oxygen atoms in total. The molecule has 1 aromatic rings. The molecule has 15 heavy (non-hydrogen) atoms. The van der Waals surface area contributed by atoms with Gasteiger partial charge in [0.2, 0.25) is 0 Å². The summed E-state index contributed by atoms with van der Waals surface area (Å²) in [6, 6.07) is 6.74. The summed E-state index contributed by atoms with van der Waals surface area (Å²) in [4.78, 5) is 6.90. The molecule has 1 N–H and O–H groups in total. The van der Waals surface area contributed by atoms with Crippen LogP contribution in [0, 0.1) is 0 Å². The zero-order valence-corrected chi connectivity index (χ0v) is 9.32. The highest BCUT2D eigenvalue weighted by molar-refractivity contribution is 5.05. The molecule has 0 radical (unpaired) electrons. The molecule has 0 saturated carbocycles. The Labute approximate surface area is 91.5 Å². The first kappa shape index (κ1) is 10.6. The van der Waals surface area contributed by atoms with Crippen LogP contribution >= 0.6 is 0 Å². The zero-order valence-electron chi connectivity index (χ0n) is 9.32. The summed E-state index contributed by atoms with van der Waals surface area (Å²) in [7, 11) is 0. The normalized spacial score (nSPS) is 20.1. The van der Waals surface area contributed by atoms with Crippen LogP contribution in [0.25, 0.3) is 0 Å². The predicted octanol–water partition coefficient (Wildman–Crippen LogP) is 0.918. The number of hydrogen-bond acceptors (Lipinski definition) is 3. The Morgan fingerprint density at radius 2 is 2.20 bits per heavy atom. The van der Waals surface area contributed by atoms with Crippen LogP contribution in [0.15, 0.2) is 24.4 Å². The minimum Gasteiger partial charge on any atom is -0.314 e. The van der Waals surface area contributed by atoms with Crippen LogP contribution in [0.1, 0.15) is 12.6 Å². The van der Waals surface area contributed by atoms with Crippen LogP contribution in [-0.4, -0.2) is 42.1 Å². The Hall–Kier alpha value is -0.930. The first-order chi connectivity index (χ1) is 7.36. The van der Waals surface area contributed by atoms with Crippen molar-refractivity contribution in [3.05, 3.63) is 30.1 Å². The topological polar surface area (TPSA) is 28.2 Å². The number of pyridine rings is 1. The van der Waals surface area contributed by atoms with Crippen molar-refractivity contribution < 1.29 is 0 Å². The average molecular weight is 205 g/mol. The van der Waals surface area contributed by atoms with E-state index in [9.17, 15) is 0 Å². The highest BCUT2D eigenvalue weighted by atomic mass is 15.2. The van der Waals surface area contributed by atoms with Gasteiger partial charge in [0, 0.05) is 50.5 Å². The molecule has 1 aromatic heterocycles. The van der Waals surface area contributed by atoms with E-state index in [4.69, 9.17) is 0 Å². The van der Waals surface area contributed by atoms with Crippen LogP contribution < -0.4 is 5.32 Å². The second-order valence-electron chi connectivity index (χ2n) is 4.16. The van der Waals surface area contributed by atoms with Gasteiger partial charge in [-0.05, 0) is 19.1 Å². The monoisotopic (exact) mass is 205 g/mol. The van der Waals surface area contributed by atoms with Gasteiger partial charge < -0.3 is 5.32 Å². The number of aromatic nitrogens is 1. The third-order valence-electron chi connectivity index (χ3n) is 3.01. The lowest BCUT2D eigenvalue weighted by molar-refractivity contribution is 0.182. The van der Waals surface area contributed by atoms with Crippen molar-refractivity contribution >= 4 is 0 Å². The molecular formula is C12H19N3. The lowest BCUT2D eigenvalue weighted by atomic mass is 10.1. The smallest absolute Gasteiger partial charge is 0.0419 e. The van der Waals surface area contributed by atoms with Crippen molar-refractivity contribution in [2.45, 2.75) is 19.4 Å². The highest BCUT2D eigenvalue weighted by Crippen LogP contribution is 2.07. The standard InChI is InChI=1S/C12H19N3/c1-11(15-8-6-13-7-9-15)10-12-4-2-3-5-14-12/h2-5,11,13H,6-10H2,1H3. The molecule has 0 amide bonds. The van der Waals surface area contributed by atoms with Gasteiger partial charge in [-0.25, -0.2) is 0 Å². The number of nitrogens with zero attached hydrogens (tertiary/aromatic N) is 2. The maximum atomic E-state index is 4.37. The fraction of sp³-hybridized carbons (Fsp3) is 0.583. The first-order valence-corrected chi connectivity index (χ1v) is 5.71. The van der Waals surface area contributed by atoms with Gasteiger partial charge in [-0.3, -0.25) is 9.88 Å². The van der Waals surface area contributed by atoms with E-state index in [2.05, 4.69) is 34.3 Å². The van der Waals surface area contributed by atoms with Gasteiger partial charge in [0.05, 0.1) is 0 Å². The van der Waals surface area contributed by atoms with E-state index in [1.165, 1.54) is 5.69 Å². The quantitative estimate of drug-likeness (QED) is 0.795. The maximum Gasteiger partial charge on any atom is 0.0419 e. The van der Waals surface area contributed by atoms with Crippen LogP contribution in [0.5, 0.6) is 0 Å². The van der Waals surface area contributed by atoms with Crippen molar-refractivity contribution in [1.82, 2.24) is 15.2 Å². The summed E-state index contributed by atoms with van der Waals surface area (Å²) in [5.74, 6) is 0. The third-order valence-corrected chi connectivity index (χ3v) is 3.01. The molecule has 82 valence electrons. The summed E-state index contributed by atoms with van der Waals surface area (Å²) in [6.07, 6.45) is 2.93. The van der Waals surface area contributed by atoms with Crippen LogP contribution in [-0.2, 0) is 6.42 Å². The van der Waals surface area contributed by atoms with E-state index in [1.807, 2.05) is 12.3 Å². The molecule has 2 heterocycles. The number of nitrogens with one attached hydrogen (secondary N) is 1. The molecule has 1 aliphatic rings.